The van der Waals surface area contributed by atoms with Crippen molar-refractivity contribution in [2.45, 2.75) is 202 Å². The molecule has 6 heteroatoms. The van der Waals surface area contributed by atoms with Gasteiger partial charge in [0.25, 0.3) is 0 Å². The van der Waals surface area contributed by atoms with Gasteiger partial charge in [0.15, 0.2) is 0 Å². The van der Waals surface area contributed by atoms with Crippen molar-refractivity contribution in [1.82, 2.24) is 0 Å². The van der Waals surface area contributed by atoms with E-state index in [1.165, 1.54) is 0 Å². The van der Waals surface area contributed by atoms with E-state index in [-0.39, 0.29) is 0 Å². The fourth-order valence-electron chi connectivity index (χ4n) is 2.95. The monoisotopic (exact) mass is 685 g/mol. The predicted octanol–water partition coefficient (Wildman–Crippen LogP) is 12.1. The average molecular weight is 685 g/mol. The van der Waals surface area contributed by atoms with E-state index in [0.717, 1.165) is 77.0 Å². The van der Waals surface area contributed by atoms with Crippen LogP contribution in [0.3, 0.4) is 0 Å². The third-order valence-corrected chi connectivity index (χ3v) is 6.44. The molecule has 0 saturated carbocycles. The Balaban J connectivity index is -0.000000110. The van der Waals surface area contributed by atoms with Gasteiger partial charge >= 0.3 is 0 Å². The lowest BCUT2D eigenvalue weighted by molar-refractivity contribution is -0.118. The van der Waals surface area contributed by atoms with Crippen LogP contribution in [-0.2, 0) is 28.8 Å². The zero-order valence-corrected chi connectivity index (χ0v) is 35.4. The van der Waals surface area contributed by atoms with E-state index >= 15 is 0 Å². The minimum Gasteiger partial charge on any atom is -0.300 e. The lowest BCUT2D eigenvalue weighted by Crippen LogP contribution is -1.93. The Morgan fingerprint density at radius 1 is 0.250 bits per heavy atom. The SMILES string of the molecule is CC(=O)CCC(C)C.CC(=O)CCC(C)C.CC(=O)CCC(C)C.CC(=O)CCC(C)C.CC(=O)CCC(C)C.CC(=O)CCC(C)C. The highest BCUT2D eigenvalue weighted by atomic mass is 16.1. The number of hydrogen-bond donors (Lipinski definition) is 0. The average Bonchev–Trinajstić information content (AvgIpc) is 2.92. The zero-order chi connectivity index (χ0) is 39.4. The fraction of sp³-hybridized carbons (Fsp3) is 0.857. The number of hydrogen-bond acceptors (Lipinski definition) is 6. The van der Waals surface area contributed by atoms with Gasteiger partial charge in [-0.15, -0.1) is 0 Å². The Labute approximate surface area is 300 Å². The molecular formula is C42H84O6. The maximum Gasteiger partial charge on any atom is 0.129 e. The number of rotatable bonds is 18. The molecule has 0 saturated heterocycles. The Morgan fingerprint density at radius 2 is 0.333 bits per heavy atom. The normalized spacial score (nSPS) is 10.0. The zero-order valence-electron chi connectivity index (χ0n) is 35.4. The molecule has 0 fully saturated rings. The summed E-state index contributed by atoms with van der Waals surface area (Å²) in [5.74, 6) is 5.82. The van der Waals surface area contributed by atoms with Crippen LogP contribution in [-0.4, -0.2) is 34.7 Å². The smallest absolute Gasteiger partial charge is 0.129 e. The maximum atomic E-state index is 10.3. The van der Waals surface area contributed by atoms with Gasteiger partial charge in [0.1, 0.15) is 34.7 Å². The van der Waals surface area contributed by atoms with Gasteiger partial charge in [-0.25, -0.2) is 0 Å². The van der Waals surface area contributed by atoms with E-state index in [0.29, 0.717) is 70.2 Å². The number of Topliss-reactive ketones (excluding diaryl/α,β-unsaturated/α-hetero) is 6. The molecule has 0 N–H and O–H groups in total. The summed E-state index contributed by atoms with van der Waals surface area (Å²) in [6, 6.07) is 0. The summed E-state index contributed by atoms with van der Waals surface area (Å²) in [4.78, 5) is 62.1. The van der Waals surface area contributed by atoms with Crippen molar-refractivity contribution in [2.24, 2.45) is 35.5 Å². The first-order valence-electron chi connectivity index (χ1n) is 18.7. The summed E-state index contributed by atoms with van der Waals surface area (Å²) >= 11 is 0. The van der Waals surface area contributed by atoms with Crippen LogP contribution in [0.4, 0.5) is 0 Å². The highest BCUT2D eigenvalue weighted by Crippen LogP contribution is 2.05. The van der Waals surface area contributed by atoms with Crippen LogP contribution in [0, 0.1) is 35.5 Å². The van der Waals surface area contributed by atoms with Gasteiger partial charge in [0, 0.05) is 38.5 Å². The van der Waals surface area contributed by atoms with Crippen LogP contribution in [0.5, 0.6) is 0 Å². The van der Waals surface area contributed by atoms with Crippen molar-refractivity contribution >= 4 is 34.7 Å². The molecular weight excluding hydrogens is 600 g/mol. The van der Waals surface area contributed by atoms with Gasteiger partial charge in [-0.1, -0.05) is 83.1 Å². The van der Waals surface area contributed by atoms with Crippen molar-refractivity contribution < 1.29 is 28.8 Å². The molecule has 0 aromatic rings. The quantitative estimate of drug-likeness (QED) is 0.142. The van der Waals surface area contributed by atoms with Gasteiger partial charge < -0.3 is 28.8 Å². The molecule has 0 unspecified atom stereocenters. The molecule has 0 atom stereocenters. The summed E-state index contributed by atoms with van der Waals surface area (Å²) in [6.45, 7) is 35.4. The molecule has 0 bridgehead atoms. The summed E-state index contributed by atoms with van der Waals surface area (Å²) in [7, 11) is 0. The molecule has 0 amide bonds. The predicted molar refractivity (Wildman–Crippen MR) is 209 cm³/mol. The molecule has 0 spiro atoms. The molecule has 0 aliphatic carbocycles. The molecule has 0 radical (unpaired) electrons. The van der Waals surface area contributed by atoms with Gasteiger partial charge in [0.2, 0.25) is 0 Å². The summed E-state index contributed by atoms with van der Waals surface area (Å²) in [5, 5.41) is 0. The van der Waals surface area contributed by atoms with Crippen molar-refractivity contribution in [3.63, 3.8) is 0 Å². The minimum absolute atomic E-state index is 0.304. The van der Waals surface area contributed by atoms with Gasteiger partial charge in [-0.3, -0.25) is 0 Å². The number of carbonyl (C=O) groups is 6. The Bertz CT molecular complexity index is 617. The summed E-state index contributed by atoms with van der Waals surface area (Å²) in [5.41, 5.74) is 0. The van der Waals surface area contributed by atoms with Crippen molar-refractivity contribution in [1.29, 1.82) is 0 Å². The molecule has 288 valence electrons. The first kappa shape index (κ1) is 58.2. The summed E-state index contributed by atoms with van der Waals surface area (Å²) < 4.78 is 0. The molecule has 48 heavy (non-hydrogen) atoms. The van der Waals surface area contributed by atoms with Crippen LogP contribution >= 0.6 is 0 Å². The molecule has 0 rings (SSSR count). The number of ketones is 6. The van der Waals surface area contributed by atoms with E-state index in [4.69, 9.17) is 0 Å². The standard InChI is InChI=1S/6C7H14O/c6*1-6(2)4-5-7(3)8/h6*6H,4-5H2,1-3H3. The van der Waals surface area contributed by atoms with Crippen LogP contribution in [0.2, 0.25) is 0 Å². The second-order valence-electron chi connectivity index (χ2n) is 15.8. The van der Waals surface area contributed by atoms with E-state index in [2.05, 4.69) is 83.1 Å². The molecule has 0 aliphatic heterocycles. The lowest BCUT2D eigenvalue weighted by atomic mass is 10.1. The van der Waals surface area contributed by atoms with Gasteiger partial charge in [0.05, 0.1) is 0 Å². The lowest BCUT2D eigenvalue weighted by Gasteiger charge is -1.98. The second-order valence-corrected chi connectivity index (χ2v) is 15.8. The third-order valence-electron chi connectivity index (χ3n) is 6.44. The first-order chi connectivity index (χ1) is 21.8. The van der Waals surface area contributed by atoms with Gasteiger partial charge in [-0.2, -0.15) is 0 Å². The van der Waals surface area contributed by atoms with Crippen LogP contribution in [0.1, 0.15) is 202 Å². The highest BCUT2D eigenvalue weighted by Gasteiger charge is 1.98. The minimum atomic E-state index is 0.304. The van der Waals surface area contributed by atoms with Crippen LogP contribution in [0.25, 0.3) is 0 Å². The highest BCUT2D eigenvalue weighted by molar-refractivity contribution is 5.76. The third kappa shape index (κ3) is 104. The van der Waals surface area contributed by atoms with E-state index in [1.807, 2.05) is 0 Å². The molecule has 6 nitrogen and oxygen atoms in total. The maximum absolute atomic E-state index is 10.3. The van der Waals surface area contributed by atoms with Crippen LogP contribution in [0.15, 0.2) is 0 Å². The molecule has 0 heterocycles. The Morgan fingerprint density at radius 3 is 0.354 bits per heavy atom. The Kier molecular flexibility index (Phi) is 50.0. The fourth-order valence-corrected chi connectivity index (χ4v) is 2.95. The van der Waals surface area contributed by atoms with E-state index < -0.39 is 0 Å². The Hall–Kier alpha value is -1.98. The topological polar surface area (TPSA) is 102 Å². The largest absolute Gasteiger partial charge is 0.300 e. The molecule has 0 aliphatic rings. The first-order valence-corrected chi connectivity index (χ1v) is 18.7. The van der Waals surface area contributed by atoms with E-state index in [9.17, 15) is 28.8 Å². The van der Waals surface area contributed by atoms with Crippen molar-refractivity contribution in [3.8, 4) is 0 Å². The van der Waals surface area contributed by atoms with E-state index in [1.54, 1.807) is 41.5 Å². The van der Waals surface area contributed by atoms with Gasteiger partial charge in [-0.05, 0) is 116 Å². The molecule has 0 aromatic heterocycles. The molecule has 0 aromatic carbocycles. The van der Waals surface area contributed by atoms with Crippen LogP contribution < -0.4 is 0 Å². The second kappa shape index (κ2) is 41.2. The number of carbonyl (C=O) groups excluding carboxylic acids is 6. The van der Waals surface area contributed by atoms with Crippen molar-refractivity contribution in [2.75, 3.05) is 0 Å². The summed E-state index contributed by atoms with van der Waals surface area (Å²) in [6.07, 6.45) is 10.7. The van der Waals surface area contributed by atoms with Crippen molar-refractivity contribution in [3.05, 3.63) is 0 Å².